The first-order chi connectivity index (χ1) is 15.1. The Hall–Kier alpha value is -0.235. The summed E-state index contributed by atoms with van der Waals surface area (Å²) in [5.74, 6) is 14.7. The third kappa shape index (κ3) is 10.5. The van der Waals surface area contributed by atoms with Crippen molar-refractivity contribution in [2.45, 2.75) is 69.2 Å². The predicted molar refractivity (Wildman–Crippen MR) is 140 cm³/mol. The monoisotopic (exact) mass is 656 g/mol. The standard InChI is InChI=1S/2C10H15.2C6H5.Th/c2*1-6-7(2)9(4)10(5)8(6)3;2*1-2-4-6-5-3-1;/h2*1-5H3;2*1-5H;/q;;2*-1;+4. The van der Waals surface area contributed by atoms with Gasteiger partial charge in [0.25, 0.3) is 0 Å². The van der Waals surface area contributed by atoms with E-state index in [-0.39, 0.29) is 39.9 Å². The average molecular weight is 657 g/mol. The Balaban J connectivity index is 0.000000420. The van der Waals surface area contributed by atoms with Crippen LogP contribution in [-0.4, -0.2) is 0 Å². The van der Waals surface area contributed by atoms with Crippen molar-refractivity contribution < 1.29 is 39.9 Å². The third-order valence-corrected chi connectivity index (χ3v) is 6.84. The van der Waals surface area contributed by atoms with Crippen LogP contribution in [0.15, 0.2) is 60.7 Å². The Morgan fingerprint density at radius 3 is 0.515 bits per heavy atom. The molecule has 2 aromatic rings. The van der Waals surface area contributed by atoms with Gasteiger partial charge in [-0.1, -0.05) is 69.2 Å². The van der Waals surface area contributed by atoms with Gasteiger partial charge in [0, 0.05) is 0 Å². The van der Waals surface area contributed by atoms with Crippen LogP contribution in [0.25, 0.3) is 0 Å². The fourth-order valence-corrected chi connectivity index (χ4v) is 3.50. The Labute approximate surface area is 239 Å². The van der Waals surface area contributed by atoms with Gasteiger partial charge >= 0.3 is 39.9 Å². The topological polar surface area (TPSA) is 0 Å². The van der Waals surface area contributed by atoms with Crippen molar-refractivity contribution in [3.05, 3.63) is 132 Å². The predicted octanol–water partition coefficient (Wildman–Crippen LogP) is 8.92. The smallest absolute Gasteiger partial charge is 0.184 e. The minimum atomic E-state index is 0. The number of hydrogen-bond acceptors (Lipinski definition) is 0. The summed E-state index contributed by atoms with van der Waals surface area (Å²) in [6.45, 7) is 22.0. The molecule has 0 nitrogen and oxygen atoms in total. The van der Waals surface area contributed by atoms with Crippen LogP contribution >= 0.6 is 0 Å². The molecule has 0 unspecified atom stereocenters. The fourth-order valence-electron chi connectivity index (χ4n) is 3.50. The van der Waals surface area contributed by atoms with Gasteiger partial charge in [-0.25, -0.2) is 0 Å². The van der Waals surface area contributed by atoms with Crippen LogP contribution in [0.1, 0.15) is 69.2 Å². The van der Waals surface area contributed by atoms with E-state index >= 15 is 0 Å². The first kappa shape index (κ1) is 32.8. The SMILES string of the molecule is C[C]1[C](C)[C](C)[C](C)[C]1C.C[C]1[C](C)[C](C)[C](C)[C]1C.[Th+4].[c-]1ccccc1.[c-]1ccccc1. The van der Waals surface area contributed by atoms with Crippen molar-refractivity contribution in [3.8, 4) is 0 Å². The van der Waals surface area contributed by atoms with Crippen LogP contribution < -0.4 is 0 Å². The molecule has 0 spiro atoms. The largest absolute Gasteiger partial charge is 4.00 e. The molecule has 2 aliphatic carbocycles. The van der Waals surface area contributed by atoms with Crippen LogP contribution in [0.4, 0.5) is 0 Å². The molecule has 0 aromatic heterocycles. The molecule has 1 heteroatoms. The minimum absolute atomic E-state index is 0. The van der Waals surface area contributed by atoms with Gasteiger partial charge in [0.2, 0.25) is 0 Å². The summed E-state index contributed by atoms with van der Waals surface area (Å²) < 4.78 is 0. The molecule has 2 saturated carbocycles. The normalized spacial score (nSPS) is 20.2. The van der Waals surface area contributed by atoms with Crippen LogP contribution in [0.5, 0.6) is 0 Å². The molecule has 2 aliphatic rings. The van der Waals surface area contributed by atoms with E-state index in [0.717, 1.165) is 0 Å². The molecule has 170 valence electrons. The Bertz CT molecular complexity index is 480. The number of benzene rings is 2. The summed E-state index contributed by atoms with van der Waals surface area (Å²) in [6, 6.07) is 25.0. The maximum absolute atomic E-state index is 2.89. The number of hydrogen-bond donors (Lipinski definition) is 0. The van der Waals surface area contributed by atoms with Crippen molar-refractivity contribution in [2.24, 2.45) is 0 Å². The van der Waals surface area contributed by atoms with E-state index < -0.39 is 0 Å². The van der Waals surface area contributed by atoms with Gasteiger partial charge in [-0.3, -0.25) is 0 Å². The zero-order valence-electron chi connectivity index (χ0n) is 22.3. The summed E-state index contributed by atoms with van der Waals surface area (Å²) >= 11 is 0. The molecule has 4 rings (SSSR count). The van der Waals surface area contributed by atoms with Crippen LogP contribution in [0.2, 0.25) is 0 Å². The minimum Gasteiger partial charge on any atom is -0.184 e. The fraction of sp³-hybridized carbons (Fsp3) is 0.312. The van der Waals surface area contributed by atoms with E-state index in [9.17, 15) is 0 Å². The molecular formula is C32H40Th+2. The van der Waals surface area contributed by atoms with E-state index in [1.807, 2.05) is 60.7 Å². The first-order valence-corrected chi connectivity index (χ1v) is 11.3. The van der Waals surface area contributed by atoms with Gasteiger partial charge in [0.05, 0.1) is 0 Å². The number of rotatable bonds is 0. The Kier molecular flexibility index (Phi) is 17.1. The molecule has 0 bridgehead atoms. The van der Waals surface area contributed by atoms with Gasteiger partial charge < -0.3 is 0 Å². The molecule has 33 heavy (non-hydrogen) atoms. The third-order valence-electron chi connectivity index (χ3n) is 6.84. The average Bonchev–Trinajstić information content (AvgIpc) is 3.12. The van der Waals surface area contributed by atoms with Crippen molar-refractivity contribution in [3.63, 3.8) is 0 Å². The molecule has 0 heterocycles. The second-order valence-electron chi connectivity index (χ2n) is 8.40. The van der Waals surface area contributed by atoms with Crippen molar-refractivity contribution in [2.75, 3.05) is 0 Å². The molecule has 10 radical (unpaired) electrons. The van der Waals surface area contributed by atoms with Crippen LogP contribution in [-0.2, 0) is 0 Å². The maximum atomic E-state index is 2.89. The Morgan fingerprint density at radius 2 is 0.455 bits per heavy atom. The molecule has 0 amide bonds. The maximum Gasteiger partial charge on any atom is 4.00 e. The summed E-state index contributed by atoms with van der Waals surface area (Å²) in [5, 5.41) is 0. The van der Waals surface area contributed by atoms with Crippen molar-refractivity contribution >= 4 is 0 Å². The van der Waals surface area contributed by atoms with Gasteiger partial charge in [-0.05, 0) is 59.2 Å². The van der Waals surface area contributed by atoms with E-state index in [1.165, 1.54) is 59.2 Å². The molecule has 2 aromatic carbocycles. The molecular weight excluding hydrogens is 616 g/mol. The van der Waals surface area contributed by atoms with Gasteiger partial charge in [0.15, 0.2) is 0 Å². The zero-order chi connectivity index (χ0) is 24.3. The van der Waals surface area contributed by atoms with Crippen molar-refractivity contribution in [1.29, 1.82) is 0 Å². The van der Waals surface area contributed by atoms with E-state index in [2.05, 4.69) is 81.4 Å². The summed E-state index contributed by atoms with van der Waals surface area (Å²) in [4.78, 5) is 0. The molecule has 0 saturated heterocycles. The molecule has 0 atom stereocenters. The molecule has 2 fully saturated rings. The second-order valence-corrected chi connectivity index (χ2v) is 8.40. The summed E-state index contributed by atoms with van der Waals surface area (Å²) in [5.41, 5.74) is 0. The molecule has 0 aliphatic heterocycles. The van der Waals surface area contributed by atoms with Gasteiger partial charge in [-0.15, -0.1) is 0 Å². The summed E-state index contributed by atoms with van der Waals surface area (Å²) in [7, 11) is 0. The van der Waals surface area contributed by atoms with Gasteiger partial charge in [0.1, 0.15) is 0 Å². The zero-order valence-corrected chi connectivity index (χ0v) is 26.4. The first-order valence-electron chi connectivity index (χ1n) is 11.3. The van der Waals surface area contributed by atoms with Crippen LogP contribution in [0, 0.1) is 111 Å². The summed E-state index contributed by atoms with van der Waals surface area (Å²) in [6.07, 6.45) is 0. The van der Waals surface area contributed by atoms with Crippen molar-refractivity contribution in [1.82, 2.24) is 0 Å². The molecule has 0 N–H and O–H groups in total. The van der Waals surface area contributed by atoms with E-state index in [0.29, 0.717) is 0 Å². The Morgan fingerprint density at radius 1 is 0.303 bits per heavy atom. The van der Waals surface area contributed by atoms with E-state index in [4.69, 9.17) is 0 Å². The second kappa shape index (κ2) is 17.2. The van der Waals surface area contributed by atoms with Gasteiger partial charge in [-0.2, -0.15) is 72.8 Å². The van der Waals surface area contributed by atoms with E-state index in [1.54, 1.807) is 0 Å². The van der Waals surface area contributed by atoms with Crippen LogP contribution in [0.3, 0.4) is 0 Å². The quantitative estimate of drug-likeness (QED) is 0.249.